The molecule has 0 bridgehead atoms. The highest BCUT2D eigenvalue weighted by Gasteiger charge is 2.24. The Balaban J connectivity index is 0.00000132. The number of amidine groups is 1. The van der Waals surface area contributed by atoms with Crippen LogP contribution in [0.4, 0.5) is 0 Å². The van der Waals surface area contributed by atoms with E-state index in [9.17, 15) is 0 Å². The van der Waals surface area contributed by atoms with Crippen LogP contribution in [0.25, 0.3) is 0 Å². The minimum absolute atomic E-state index is 0. The van der Waals surface area contributed by atoms with Crippen molar-refractivity contribution in [2.24, 2.45) is 5.16 Å². The zero-order valence-electron chi connectivity index (χ0n) is 13.6. The van der Waals surface area contributed by atoms with Crippen molar-refractivity contribution in [2.75, 3.05) is 20.1 Å². The number of nitrogens with one attached hydrogen (secondary N) is 1. The summed E-state index contributed by atoms with van der Waals surface area (Å²) in [7, 11) is 2.22. The lowest BCUT2D eigenvalue weighted by Gasteiger charge is -2.34. The Labute approximate surface area is 151 Å². The van der Waals surface area contributed by atoms with Gasteiger partial charge in [0.15, 0.2) is 11.9 Å². The van der Waals surface area contributed by atoms with Crippen LogP contribution >= 0.6 is 24.8 Å². The SMILES string of the molecule is CN(CC1CNC(c2ccccc2)=NO1)C1CCCCC1.Cl.Cl. The molecule has 1 saturated carbocycles. The summed E-state index contributed by atoms with van der Waals surface area (Å²) in [6.07, 6.45) is 6.94. The molecule has 3 rings (SSSR count). The van der Waals surface area contributed by atoms with Gasteiger partial charge in [-0.3, -0.25) is 4.90 Å². The van der Waals surface area contributed by atoms with Gasteiger partial charge in [-0.2, -0.15) is 0 Å². The summed E-state index contributed by atoms with van der Waals surface area (Å²) in [5.41, 5.74) is 1.08. The van der Waals surface area contributed by atoms with Gasteiger partial charge in [-0.1, -0.05) is 54.8 Å². The van der Waals surface area contributed by atoms with Crippen LogP contribution in [-0.4, -0.2) is 43.0 Å². The molecule has 0 radical (unpaired) electrons. The van der Waals surface area contributed by atoms with E-state index in [1.807, 2.05) is 30.3 Å². The van der Waals surface area contributed by atoms with Crippen LogP contribution in [0.3, 0.4) is 0 Å². The molecule has 130 valence electrons. The zero-order valence-corrected chi connectivity index (χ0v) is 15.2. The number of nitrogens with zero attached hydrogens (tertiary/aromatic N) is 2. The molecule has 0 saturated heterocycles. The second-order valence-electron chi connectivity index (χ2n) is 6.15. The third kappa shape index (κ3) is 5.55. The summed E-state index contributed by atoms with van der Waals surface area (Å²) in [4.78, 5) is 8.14. The molecule has 1 unspecified atom stereocenters. The lowest BCUT2D eigenvalue weighted by atomic mass is 9.94. The van der Waals surface area contributed by atoms with Crippen LogP contribution in [-0.2, 0) is 4.84 Å². The molecule has 2 aliphatic rings. The predicted octanol–water partition coefficient (Wildman–Crippen LogP) is 3.44. The maximum atomic E-state index is 5.69. The maximum Gasteiger partial charge on any atom is 0.173 e. The largest absolute Gasteiger partial charge is 0.388 e. The molecule has 1 aromatic carbocycles. The van der Waals surface area contributed by atoms with E-state index < -0.39 is 0 Å². The highest BCUT2D eigenvalue weighted by atomic mass is 35.5. The first kappa shape index (κ1) is 20.1. The van der Waals surface area contributed by atoms with Gasteiger partial charge in [0.05, 0.1) is 6.54 Å². The number of hydrogen-bond donors (Lipinski definition) is 1. The quantitative estimate of drug-likeness (QED) is 0.894. The highest BCUT2D eigenvalue weighted by molar-refractivity contribution is 5.98. The monoisotopic (exact) mass is 359 g/mol. The first-order valence-corrected chi connectivity index (χ1v) is 8.06. The molecule has 0 amide bonds. The van der Waals surface area contributed by atoms with E-state index in [0.29, 0.717) is 0 Å². The smallest absolute Gasteiger partial charge is 0.173 e. The Morgan fingerprint density at radius 1 is 1.13 bits per heavy atom. The number of rotatable bonds is 4. The summed E-state index contributed by atoms with van der Waals surface area (Å²) in [6.45, 7) is 1.77. The van der Waals surface area contributed by atoms with Gasteiger partial charge in [0.25, 0.3) is 0 Å². The average molecular weight is 360 g/mol. The fourth-order valence-corrected chi connectivity index (χ4v) is 3.25. The molecule has 1 fully saturated rings. The summed E-state index contributed by atoms with van der Waals surface area (Å²) < 4.78 is 0. The number of hydrogen-bond acceptors (Lipinski definition) is 4. The van der Waals surface area contributed by atoms with E-state index in [4.69, 9.17) is 4.84 Å². The van der Waals surface area contributed by atoms with Crippen LogP contribution < -0.4 is 5.32 Å². The molecule has 6 heteroatoms. The topological polar surface area (TPSA) is 36.9 Å². The molecule has 1 aromatic rings. The van der Waals surface area contributed by atoms with Gasteiger partial charge < -0.3 is 10.2 Å². The number of oxime groups is 1. The standard InChI is InChI=1S/C17H25N3O.2ClH/c1-20(15-10-6-3-7-11-15)13-16-12-18-17(19-21-16)14-8-4-2-5-9-14;;/h2,4-5,8-9,15-16H,3,6-7,10-13H2,1H3,(H,18,19);2*1H. The predicted molar refractivity (Wildman–Crippen MR) is 99.9 cm³/mol. The van der Waals surface area contributed by atoms with Crippen molar-refractivity contribution >= 4 is 30.6 Å². The fraction of sp³-hybridized carbons (Fsp3) is 0.588. The minimum atomic E-state index is 0. The molecule has 0 spiro atoms. The average Bonchev–Trinajstić information content (AvgIpc) is 2.57. The van der Waals surface area contributed by atoms with E-state index in [2.05, 4.69) is 22.4 Å². The fourth-order valence-electron chi connectivity index (χ4n) is 3.25. The molecule has 0 aromatic heterocycles. The molecule has 1 atom stereocenters. The van der Waals surface area contributed by atoms with E-state index in [-0.39, 0.29) is 30.9 Å². The minimum Gasteiger partial charge on any atom is -0.388 e. The van der Waals surface area contributed by atoms with Crippen LogP contribution in [0.1, 0.15) is 37.7 Å². The number of likely N-dealkylation sites (N-methyl/N-ethyl adjacent to an activating group) is 1. The Morgan fingerprint density at radius 3 is 2.43 bits per heavy atom. The Hall–Kier alpha value is -0.970. The van der Waals surface area contributed by atoms with Gasteiger partial charge in [-0.05, 0) is 19.9 Å². The van der Waals surface area contributed by atoms with Gasteiger partial charge in [-0.15, -0.1) is 24.8 Å². The molecule has 1 heterocycles. The zero-order chi connectivity index (χ0) is 14.5. The lowest BCUT2D eigenvalue weighted by molar-refractivity contribution is 0.0163. The van der Waals surface area contributed by atoms with Crippen molar-refractivity contribution in [1.82, 2.24) is 10.2 Å². The molecular weight excluding hydrogens is 333 g/mol. The Morgan fingerprint density at radius 2 is 1.83 bits per heavy atom. The maximum absolute atomic E-state index is 5.69. The van der Waals surface area contributed by atoms with Gasteiger partial charge in [-0.25, -0.2) is 0 Å². The normalized spacial score (nSPS) is 21.3. The summed E-state index contributed by atoms with van der Waals surface area (Å²) >= 11 is 0. The van der Waals surface area contributed by atoms with Gasteiger partial charge >= 0.3 is 0 Å². The van der Waals surface area contributed by atoms with E-state index >= 15 is 0 Å². The second-order valence-corrected chi connectivity index (χ2v) is 6.15. The van der Waals surface area contributed by atoms with E-state index in [1.54, 1.807) is 0 Å². The first-order valence-electron chi connectivity index (χ1n) is 8.06. The molecule has 4 nitrogen and oxygen atoms in total. The van der Waals surface area contributed by atoms with Gasteiger partial charge in [0, 0.05) is 18.2 Å². The van der Waals surface area contributed by atoms with E-state index in [1.165, 1.54) is 32.1 Å². The summed E-state index contributed by atoms with van der Waals surface area (Å²) in [5.74, 6) is 0.840. The molecule has 1 N–H and O–H groups in total. The number of benzene rings is 1. The van der Waals surface area contributed by atoms with Gasteiger partial charge in [0.2, 0.25) is 0 Å². The molecule has 1 aliphatic heterocycles. The lowest BCUT2D eigenvalue weighted by Crippen LogP contribution is -2.46. The number of halogens is 2. The van der Waals surface area contributed by atoms with Crippen LogP contribution in [0, 0.1) is 0 Å². The third-order valence-electron chi connectivity index (χ3n) is 4.53. The van der Waals surface area contributed by atoms with Crippen molar-refractivity contribution in [3.63, 3.8) is 0 Å². The molecular formula is C17H27Cl2N3O. The first-order chi connectivity index (χ1) is 10.3. The van der Waals surface area contributed by atoms with Crippen molar-refractivity contribution in [2.45, 2.75) is 44.2 Å². The van der Waals surface area contributed by atoms with Crippen LogP contribution in [0.5, 0.6) is 0 Å². The van der Waals surface area contributed by atoms with Crippen molar-refractivity contribution in [3.05, 3.63) is 35.9 Å². The van der Waals surface area contributed by atoms with Crippen LogP contribution in [0.15, 0.2) is 35.5 Å². The Kier molecular flexibility index (Phi) is 8.74. The molecule has 23 heavy (non-hydrogen) atoms. The van der Waals surface area contributed by atoms with E-state index in [0.717, 1.165) is 30.5 Å². The summed E-state index contributed by atoms with van der Waals surface area (Å²) in [5, 5.41) is 7.65. The Bertz CT molecular complexity index is 478. The summed E-state index contributed by atoms with van der Waals surface area (Å²) in [6, 6.07) is 10.9. The van der Waals surface area contributed by atoms with Crippen LogP contribution in [0.2, 0.25) is 0 Å². The van der Waals surface area contributed by atoms with Gasteiger partial charge in [0.1, 0.15) is 0 Å². The van der Waals surface area contributed by atoms with Crippen molar-refractivity contribution in [3.8, 4) is 0 Å². The van der Waals surface area contributed by atoms with Crippen molar-refractivity contribution in [1.29, 1.82) is 0 Å². The third-order valence-corrected chi connectivity index (χ3v) is 4.53. The second kappa shape index (κ2) is 10.0. The van der Waals surface area contributed by atoms with Crippen molar-refractivity contribution < 1.29 is 4.84 Å². The highest BCUT2D eigenvalue weighted by Crippen LogP contribution is 2.22. The molecule has 1 aliphatic carbocycles.